The van der Waals surface area contributed by atoms with Gasteiger partial charge in [-0.15, -0.1) is 0 Å². The van der Waals surface area contributed by atoms with E-state index in [-0.39, 0.29) is 18.3 Å². The van der Waals surface area contributed by atoms with E-state index in [0.29, 0.717) is 35.3 Å². The van der Waals surface area contributed by atoms with Gasteiger partial charge in [-0.05, 0) is 74.7 Å². The lowest BCUT2D eigenvalue weighted by Gasteiger charge is -2.35. The number of hydrogen-bond acceptors (Lipinski definition) is 6. The number of nitrogens with zero attached hydrogens (tertiary/aromatic N) is 3. The molecule has 2 atom stereocenters. The van der Waals surface area contributed by atoms with Gasteiger partial charge in [-0.1, -0.05) is 29.8 Å². The fourth-order valence-electron chi connectivity index (χ4n) is 6.23. The maximum atomic E-state index is 14.5. The molecule has 42 heavy (non-hydrogen) atoms. The molecule has 0 radical (unpaired) electrons. The quantitative estimate of drug-likeness (QED) is 0.273. The molecule has 4 aromatic rings. The van der Waals surface area contributed by atoms with Crippen LogP contribution >= 0.6 is 11.6 Å². The third-order valence-electron chi connectivity index (χ3n) is 8.61. The number of benzene rings is 3. The number of fused-ring (bicyclic) bond motifs is 2. The summed E-state index contributed by atoms with van der Waals surface area (Å²) in [5.74, 6) is 1.27. The highest BCUT2D eigenvalue weighted by atomic mass is 35.5. The van der Waals surface area contributed by atoms with E-state index in [0.717, 1.165) is 67.1 Å². The van der Waals surface area contributed by atoms with Crippen LogP contribution in [0.4, 0.5) is 4.39 Å². The number of aromatic nitrogens is 2. The minimum Gasteiger partial charge on any atom is -0.485 e. The van der Waals surface area contributed by atoms with Crippen molar-refractivity contribution >= 4 is 28.6 Å². The van der Waals surface area contributed by atoms with E-state index in [4.69, 9.17) is 30.8 Å². The molecule has 1 unspecified atom stereocenters. The van der Waals surface area contributed by atoms with E-state index in [2.05, 4.69) is 15.5 Å². The molecule has 0 aliphatic carbocycles. The molecule has 8 nitrogen and oxygen atoms in total. The Kier molecular flexibility index (Phi) is 7.25. The highest BCUT2D eigenvalue weighted by Crippen LogP contribution is 2.44. The van der Waals surface area contributed by atoms with Gasteiger partial charge in [0.25, 0.3) is 0 Å². The Morgan fingerprint density at radius 3 is 2.64 bits per heavy atom. The summed E-state index contributed by atoms with van der Waals surface area (Å²) in [6.07, 6.45) is 2.48. The molecular weight excluding hydrogens is 561 g/mol. The summed E-state index contributed by atoms with van der Waals surface area (Å²) in [4.78, 5) is 18.9. The number of imidazole rings is 1. The number of piperidine rings is 1. The topological polar surface area (TPSA) is 86.0 Å². The summed E-state index contributed by atoms with van der Waals surface area (Å²) in [6, 6.07) is 15.7. The van der Waals surface area contributed by atoms with Gasteiger partial charge in [-0.3, -0.25) is 4.90 Å². The Balaban J connectivity index is 1.05. The summed E-state index contributed by atoms with van der Waals surface area (Å²) in [7, 11) is 0. The Morgan fingerprint density at radius 1 is 1.07 bits per heavy atom. The smallest absolute Gasteiger partial charge is 0.335 e. The van der Waals surface area contributed by atoms with E-state index in [1.54, 1.807) is 30.3 Å². The second-order valence-electron chi connectivity index (χ2n) is 11.2. The van der Waals surface area contributed by atoms with Crippen LogP contribution < -0.4 is 9.47 Å². The van der Waals surface area contributed by atoms with Crippen LogP contribution in [0.25, 0.3) is 11.0 Å². The van der Waals surface area contributed by atoms with Gasteiger partial charge in [0, 0.05) is 22.8 Å². The summed E-state index contributed by atoms with van der Waals surface area (Å²) in [5, 5.41) is 9.87. The average molecular weight is 592 g/mol. The van der Waals surface area contributed by atoms with Gasteiger partial charge < -0.3 is 23.9 Å². The van der Waals surface area contributed by atoms with E-state index in [9.17, 15) is 14.3 Å². The van der Waals surface area contributed by atoms with Crippen LogP contribution in [0.5, 0.6) is 11.5 Å². The Labute approximate surface area is 247 Å². The first-order valence-electron chi connectivity index (χ1n) is 14.4. The lowest BCUT2D eigenvalue weighted by atomic mass is 9.88. The summed E-state index contributed by atoms with van der Waals surface area (Å²) in [6.45, 7) is 4.11. The molecule has 10 heteroatoms. The number of carboxylic acid groups (broad SMARTS) is 1. The zero-order chi connectivity index (χ0) is 28.8. The van der Waals surface area contributed by atoms with Gasteiger partial charge in [-0.25, -0.2) is 14.2 Å². The zero-order valence-electron chi connectivity index (χ0n) is 23.0. The van der Waals surface area contributed by atoms with Crippen LogP contribution in [0, 0.1) is 5.82 Å². The number of aromatic carboxylic acids is 1. The number of ether oxygens (including phenoxy) is 3. The minimum absolute atomic E-state index is 0.127. The van der Waals surface area contributed by atoms with Gasteiger partial charge >= 0.3 is 5.97 Å². The first-order valence-corrected chi connectivity index (χ1v) is 14.7. The van der Waals surface area contributed by atoms with Gasteiger partial charge in [0.2, 0.25) is 0 Å². The van der Waals surface area contributed by atoms with Crippen LogP contribution in [0.3, 0.4) is 0 Å². The number of carbonyl (C=O) groups is 1. The van der Waals surface area contributed by atoms with Gasteiger partial charge in [0.05, 0.1) is 35.8 Å². The molecule has 7 rings (SSSR count). The van der Waals surface area contributed by atoms with E-state index < -0.39 is 17.9 Å². The summed E-state index contributed by atoms with van der Waals surface area (Å²) >= 11 is 5.92. The highest BCUT2D eigenvalue weighted by molar-refractivity contribution is 6.30. The van der Waals surface area contributed by atoms with E-state index in [1.807, 2.05) is 12.1 Å². The SMILES string of the molecule is O=C(O)c1ccc2nc(CN3CCC(c4cccc5c4OCC(c4ccc(Cl)cc4F)O5)CC3)n(C[C@@H]3CCO3)c2c1. The fourth-order valence-corrected chi connectivity index (χ4v) is 6.39. The van der Waals surface area contributed by atoms with Crippen molar-refractivity contribution in [2.45, 2.75) is 50.5 Å². The number of para-hydroxylation sites is 1. The summed E-state index contributed by atoms with van der Waals surface area (Å²) in [5.41, 5.74) is 3.44. The maximum Gasteiger partial charge on any atom is 0.335 e. The number of halogens is 2. The predicted molar refractivity (Wildman–Crippen MR) is 155 cm³/mol. The van der Waals surface area contributed by atoms with Crippen LogP contribution in [0.1, 0.15) is 58.6 Å². The maximum absolute atomic E-state index is 14.5. The highest BCUT2D eigenvalue weighted by Gasteiger charge is 2.31. The molecule has 3 aromatic carbocycles. The molecular formula is C32H31ClFN3O5. The normalized spacial score (nSPS) is 20.9. The number of carboxylic acids is 1. The molecule has 3 aliphatic heterocycles. The molecule has 3 aliphatic rings. The van der Waals surface area contributed by atoms with Crippen molar-refractivity contribution < 1.29 is 28.5 Å². The fraction of sp³-hybridized carbons (Fsp3) is 0.375. The van der Waals surface area contributed by atoms with Crippen LogP contribution in [-0.4, -0.2) is 57.9 Å². The van der Waals surface area contributed by atoms with Crippen molar-refractivity contribution in [3.8, 4) is 11.5 Å². The molecule has 0 saturated carbocycles. The monoisotopic (exact) mass is 591 g/mol. The molecule has 4 heterocycles. The number of likely N-dealkylation sites (tertiary alicyclic amines) is 1. The Bertz CT molecular complexity index is 1650. The summed E-state index contributed by atoms with van der Waals surface area (Å²) < 4.78 is 34.8. The van der Waals surface area contributed by atoms with Crippen LogP contribution in [0.15, 0.2) is 54.6 Å². The van der Waals surface area contributed by atoms with Crippen molar-refractivity contribution in [2.75, 3.05) is 26.3 Å². The van der Waals surface area contributed by atoms with Crippen LogP contribution in [-0.2, 0) is 17.8 Å². The van der Waals surface area contributed by atoms with Crippen molar-refractivity contribution in [1.82, 2.24) is 14.5 Å². The van der Waals surface area contributed by atoms with E-state index >= 15 is 0 Å². The molecule has 1 aromatic heterocycles. The Hall–Kier alpha value is -3.66. The van der Waals surface area contributed by atoms with Crippen molar-refractivity contribution in [2.24, 2.45) is 0 Å². The third kappa shape index (κ3) is 5.21. The second-order valence-corrected chi connectivity index (χ2v) is 11.7. The molecule has 0 spiro atoms. The molecule has 0 amide bonds. The molecule has 2 fully saturated rings. The second kappa shape index (κ2) is 11.2. The molecule has 2 saturated heterocycles. The zero-order valence-corrected chi connectivity index (χ0v) is 23.7. The minimum atomic E-state index is -0.946. The number of rotatable bonds is 7. The third-order valence-corrected chi connectivity index (χ3v) is 8.85. The number of hydrogen-bond donors (Lipinski definition) is 1. The molecule has 1 N–H and O–H groups in total. The van der Waals surface area contributed by atoms with Crippen molar-refractivity contribution in [3.63, 3.8) is 0 Å². The van der Waals surface area contributed by atoms with Gasteiger partial charge in [0.1, 0.15) is 18.2 Å². The molecule has 0 bridgehead atoms. The van der Waals surface area contributed by atoms with Crippen LogP contribution in [0.2, 0.25) is 5.02 Å². The first kappa shape index (κ1) is 27.2. The van der Waals surface area contributed by atoms with Gasteiger partial charge in [0.15, 0.2) is 17.6 Å². The standard InChI is InChI=1S/C32H31ClFN3O5/c33-21-5-6-24(25(34)15-21)29-18-41-31-23(2-1-3-28(31)42-29)19-8-11-36(12-9-19)17-30-35-26-7-4-20(32(38)39)14-27(26)37(30)16-22-10-13-40-22/h1-7,14-15,19,22,29H,8-13,16-18H2,(H,38,39)/t22-,29?/m0/s1. The van der Waals surface area contributed by atoms with Gasteiger partial charge in [-0.2, -0.15) is 0 Å². The lowest BCUT2D eigenvalue weighted by Crippen LogP contribution is -2.35. The lowest BCUT2D eigenvalue weighted by molar-refractivity contribution is -0.0592. The largest absolute Gasteiger partial charge is 0.485 e. The molecule has 218 valence electrons. The first-order chi connectivity index (χ1) is 20.4. The average Bonchev–Trinajstić information content (AvgIpc) is 3.30. The Morgan fingerprint density at radius 2 is 1.90 bits per heavy atom. The van der Waals surface area contributed by atoms with Crippen molar-refractivity contribution in [1.29, 1.82) is 0 Å². The van der Waals surface area contributed by atoms with Crippen molar-refractivity contribution in [3.05, 3.63) is 88.0 Å². The predicted octanol–water partition coefficient (Wildman–Crippen LogP) is 6.21. The van der Waals surface area contributed by atoms with E-state index in [1.165, 1.54) is 6.07 Å².